The molecule has 8 aromatic carbocycles. The third-order valence-electron chi connectivity index (χ3n) is 10.8. The second kappa shape index (κ2) is 10.4. The Morgan fingerprint density at radius 3 is 2.06 bits per heavy atom. The van der Waals surface area contributed by atoms with Crippen LogP contribution in [0.25, 0.3) is 60.6 Å². The van der Waals surface area contributed by atoms with Crippen LogP contribution in [-0.4, -0.2) is 11.9 Å². The Morgan fingerprint density at radius 1 is 0.500 bits per heavy atom. The summed E-state index contributed by atoms with van der Waals surface area (Å²) in [6, 6.07) is 56.0. The molecule has 0 N–H and O–H groups in total. The van der Waals surface area contributed by atoms with Crippen LogP contribution in [0.5, 0.6) is 0 Å². The summed E-state index contributed by atoms with van der Waals surface area (Å²) in [5.41, 5.74) is 11.8. The number of para-hydroxylation sites is 1. The first kappa shape index (κ1) is 27.6. The summed E-state index contributed by atoms with van der Waals surface area (Å²) >= 11 is 0. The number of anilines is 3. The van der Waals surface area contributed by atoms with E-state index in [1.54, 1.807) is 0 Å². The average Bonchev–Trinajstić information content (AvgIpc) is 3.91. The third-order valence-corrected chi connectivity index (χ3v) is 10.8. The smallest absolute Gasteiger partial charge is 0.192 e. The van der Waals surface area contributed by atoms with Gasteiger partial charge in [-0.2, -0.15) is 0 Å². The molecule has 3 nitrogen and oxygen atoms in total. The summed E-state index contributed by atoms with van der Waals surface area (Å²) in [5, 5.41) is 7.09. The Balaban J connectivity index is 1.04. The van der Waals surface area contributed by atoms with Crippen molar-refractivity contribution in [3.63, 3.8) is 0 Å². The van der Waals surface area contributed by atoms with E-state index in [1.165, 1.54) is 43.8 Å². The zero-order valence-electron chi connectivity index (χ0n) is 27.0. The van der Waals surface area contributed by atoms with Crippen molar-refractivity contribution < 1.29 is 9.53 Å². The number of ketones is 1. The summed E-state index contributed by atoms with van der Waals surface area (Å²) in [5.74, 6) is 0.0643. The predicted molar refractivity (Wildman–Crippen MR) is 204 cm³/mol. The second-order valence-electron chi connectivity index (χ2n) is 13.5. The first-order valence-corrected chi connectivity index (χ1v) is 17.2. The molecule has 1 fully saturated rings. The Labute approximate surface area is 289 Å². The summed E-state index contributed by atoms with van der Waals surface area (Å²) in [4.78, 5) is 16.3. The number of rotatable bonds is 4. The summed E-state index contributed by atoms with van der Waals surface area (Å²) in [7, 11) is 0. The maximum Gasteiger partial charge on any atom is 0.192 e. The minimum Gasteiger partial charge on any atom is -0.359 e. The molecule has 0 spiro atoms. The molecule has 2 unspecified atom stereocenters. The maximum atomic E-state index is 13.9. The molecule has 1 aliphatic heterocycles. The van der Waals surface area contributed by atoms with E-state index in [1.807, 2.05) is 18.2 Å². The van der Waals surface area contributed by atoms with Crippen LogP contribution in [-0.2, 0) is 4.74 Å². The van der Waals surface area contributed by atoms with Crippen LogP contribution in [0.2, 0.25) is 0 Å². The van der Waals surface area contributed by atoms with Crippen LogP contribution >= 0.6 is 0 Å². The van der Waals surface area contributed by atoms with Gasteiger partial charge >= 0.3 is 0 Å². The highest BCUT2D eigenvalue weighted by Gasteiger charge is 2.51. The highest BCUT2D eigenvalue weighted by atomic mass is 16.6. The van der Waals surface area contributed by atoms with E-state index in [9.17, 15) is 4.79 Å². The van der Waals surface area contributed by atoms with Gasteiger partial charge in [0.2, 0.25) is 0 Å². The van der Waals surface area contributed by atoms with E-state index >= 15 is 0 Å². The zero-order valence-corrected chi connectivity index (χ0v) is 27.0. The molecule has 1 saturated heterocycles. The Bertz CT molecular complexity index is 2770. The van der Waals surface area contributed by atoms with Gasteiger partial charge in [0.05, 0.1) is 11.4 Å². The number of benzene rings is 8. The van der Waals surface area contributed by atoms with E-state index in [-0.39, 0.29) is 18.0 Å². The monoisotopic (exact) mass is 639 g/mol. The van der Waals surface area contributed by atoms with E-state index in [4.69, 9.17) is 4.74 Å². The highest BCUT2D eigenvalue weighted by Crippen LogP contribution is 2.53. The van der Waals surface area contributed by atoms with Crippen molar-refractivity contribution in [1.29, 1.82) is 0 Å². The van der Waals surface area contributed by atoms with Gasteiger partial charge in [-0.1, -0.05) is 115 Å². The minimum atomic E-state index is -0.189. The normalized spacial score (nSPS) is 17.6. The molecule has 2 aliphatic carbocycles. The molecule has 50 heavy (non-hydrogen) atoms. The van der Waals surface area contributed by atoms with E-state index in [0.717, 1.165) is 50.1 Å². The van der Waals surface area contributed by atoms with Crippen molar-refractivity contribution in [2.45, 2.75) is 12.2 Å². The molecule has 3 heteroatoms. The van der Waals surface area contributed by atoms with Crippen molar-refractivity contribution >= 4 is 61.2 Å². The topological polar surface area (TPSA) is 32.8 Å². The largest absolute Gasteiger partial charge is 0.359 e. The van der Waals surface area contributed by atoms with Crippen LogP contribution in [0.4, 0.5) is 17.1 Å². The molecule has 234 valence electrons. The van der Waals surface area contributed by atoms with Gasteiger partial charge in [0.15, 0.2) is 5.78 Å². The summed E-state index contributed by atoms with van der Waals surface area (Å²) in [6.07, 6.45) is 1.81. The van der Waals surface area contributed by atoms with Gasteiger partial charge in [0, 0.05) is 27.6 Å². The molecular weight excluding hydrogens is 611 g/mol. The van der Waals surface area contributed by atoms with Crippen molar-refractivity contribution in [2.75, 3.05) is 4.90 Å². The van der Waals surface area contributed by atoms with Crippen LogP contribution in [0.1, 0.15) is 27.6 Å². The number of epoxide rings is 1. The van der Waals surface area contributed by atoms with Crippen LogP contribution in [0.15, 0.2) is 163 Å². The third kappa shape index (κ3) is 3.98. The number of hydrogen-bond acceptors (Lipinski definition) is 3. The number of carbonyl (C=O) groups is 1. The van der Waals surface area contributed by atoms with Crippen molar-refractivity contribution in [3.8, 4) is 22.3 Å². The standard InChI is InChI=1S/C47H29NO2/c49-45-39-26-30-11-4-5-12-31(30)27-40(39)46-47(50-46)41(45)25-28-20-21-34-36-22-23-43(37-18-9-17-35(44(36)37)38(34)24-28)48(32-14-2-1-3-15-32)42-19-8-13-29-10-6-7-16-33(29)42/h1-27,46-47H/b41-25-. The molecule has 2 atom stereocenters. The quantitative estimate of drug-likeness (QED) is 0.142. The summed E-state index contributed by atoms with van der Waals surface area (Å²) in [6.45, 7) is 0. The highest BCUT2D eigenvalue weighted by molar-refractivity contribution is 6.20. The second-order valence-corrected chi connectivity index (χ2v) is 13.5. The molecule has 0 radical (unpaired) electrons. The number of nitrogens with zero attached hydrogens (tertiary/aromatic N) is 1. The molecule has 0 bridgehead atoms. The number of fused-ring (bicyclic) bond motifs is 8. The molecule has 0 saturated carbocycles. The number of ether oxygens (including phenoxy) is 1. The van der Waals surface area contributed by atoms with E-state index in [0.29, 0.717) is 0 Å². The van der Waals surface area contributed by atoms with Crippen LogP contribution < -0.4 is 4.90 Å². The van der Waals surface area contributed by atoms with Gasteiger partial charge in [-0.3, -0.25) is 4.79 Å². The Morgan fingerprint density at radius 2 is 1.18 bits per heavy atom. The molecule has 8 aromatic rings. The fourth-order valence-corrected chi connectivity index (χ4v) is 8.42. The Kier molecular flexibility index (Phi) is 5.72. The van der Waals surface area contributed by atoms with Gasteiger partial charge in [0.25, 0.3) is 0 Å². The molecule has 0 aromatic heterocycles. The molecule has 3 aliphatic rings. The van der Waals surface area contributed by atoms with Crippen molar-refractivity contribution in [3.05, 3.63) is 180 Å². The van der Waals surface area contributed by atoms with Crippen LogP contribution in [0, 0.1) is 0 Å². The molecular formula is C47H29NO2. The predicted octanol–water partition coefficient (Wildman–Crippen LogP) is 12.0. The molecule has 1 heterocycles. The maximum absolute atomic E-state index is 13.9. The van der Waals surface area contributed by atoms with Gasteiger partial charge in [-0.15, -0.1) is 0 Å². The number of Topliss-reactive ketones (excluding diaryl/α,β-unsaturated/α-hetero) is 1. The summed E-state index contributed by atoms with van der Waals surface area (Å²) < 4.78 is 6.14. The van der Waals surface area contributed by atoms with Crippen molar-refractivity contribution in [2.24, 2.45) is 0 Å². The lowest BCUT2D eigenvalue weighted by Gasteiger charge is -2.28. The first-order chi connectivity index (χ1) is 24.7. The average molecular weight is 640 g/mol. The number of carbonyl (C=O) groups excluding carboxylic acids is 1. The van der Waals surface area contributed by atoms with Gasteiger partial charge in [-0.25, -0.2) is 0 Å². The van der Waals surface area contributed by atoms with Crippen molar-refractivity contribution in [1.82, 2.24) is 0 Å². The lowest BCUT2D eigenvalue weighted by atomic mass is 9.84. The van der Waals surface area contributed by atoms with E-state index in [2.05, 4.69) is 151 Å². The van der Waals surface area contributed by atoms with Gasteiger partial charge in [0.1, 0.15) is 12.2 Å². The van der Waals surface area contributed by atoms with E-state index < -0.39 is 0 Å². The number of hydrogen-bond donors (Lipinski definition) is 0. The SMILES string of the molecule is O=C1/C(=C/c2ccc3c(c2)-c2cccc4c(N(c5ccccc5)c5cccc6ccccc56)ccc-3c24)C2OC2c2cc3ccccc3cc21. The fraction of sp³-hybridized carbons (Fsp3) is 0.0426. The van der Waals surface area contributed by atoms with Crippen LogP contribution in [0.3, 0.4) is 0 Å². The lowest BCUT2D eigenvalue weighted by Crippen LogP contribution is -2.16. The zero-order chi connectivity index (χ0) is 32.9. The van der Waals surface area contributed by atoms with Gasteiger partial charge in [-0.05, 0) is 103 Å². The lowest BCUT2D eigenvalue weighted by molar-refractivity contribution is 0.102. The van der Waals surface area contributed by atoms with Gasteiger partial charge < -0.3 is 9.64 Å². The Hall–Kier alpha value is -6.29. The minimum absolute atomic E-state index is 0.0568. The molecule has 0 amide bonds. The first-order valence-electron chi connectivity index (χ1n) is 17.2. The molecule has 11 rings (SSSR count). The fourth-order valence-electron chi connectivity index (χ4n) is 8.42.